The minimum absolute atomic E-state index is 0.229. The number of hydrogen-bond acceptors (Lipinski definition) is 5. The van der Waals surface area contributed by atoms with E-state index in [0.29, 0.717) is 18.1 Å². The molecule has 1 aromatic rings. The number of piperidine rings is 1. The molecule has 0 radical (unpaired) electrons. The van der Waals surface area contributed by atoms with E-state index in [9.17, 15) is 14.7 Å². The van der Waals surface area contributed by atoms with Gasteiger partial charge >= 0.3 is 5.97 Å². The lowest BCUT2D eigenvalue weighted by Crippen LogP contribution is -2.57. The topological polar surface area (TPSA) is 96.5 Å². The van der Waals surface area contributed by atoms with E-state index in [1.165, 1.54) is 16.2 Å². The second-order valence-electron chi connectivity index (χ2n) is 4.56. The van der Waals surface area contributed by atoms with Crippen molar-refractivity contribution in [2.24, 2.45) is 0 Å². The van der Waals surface area contributed by atoms with Crippen LogP contribution in [0.1, 0.15) is 36.7 Å². The van der Waals surface area contributed by atoms with Crippen molar-refractivity contribution in [3.8, 4) is 0 Å². The van der Waals surface area contributed by atoms with Gasteiger partial charge in [0.1, 0.15) is 11.2 Å². The minimum Gasteiger partial charge on any atom is -0.480 e. The highest BCUT2D eigenvalue weighted by molar-refractivity contribution is 7.13. The molecule has 1 saturated heterocycles. The summed E-state index contributed by atoms with van der Waals surface area (Å²) in [5.41, 5.74) is 4.58. The van der Waals surface area contributed by atoms with Crippen LogP contribution in [-0.2, 0) is 4.79 Å². The Morgan fingerprint density at radius 2 is 2.28 bits per heavy atom. The SMILES string of the molecule is CC1(C(=O)O)CCCCN1C(=O)c1csc(N)n1. The average Bonchev–Trinajstić information content (AvgIpc) is 2.75. The molecule has 1 fully saturated rings. The van der Waals surface area contributed by atoms with Crippen molar-refractivity contribution in [2.75, 3.05) is 12.3 Å². The first-order valence-corrected chi connectivity index (χ1v) is 6.59. The Kier molecular flexibility index (Phi) is 3.25. The van der Waals surface area contributed by atoms with Crippen molar-refractivity contribution in [3.05, 3.63) is 11.1 Å². The van der Waals surface area contributed by atoms with Crippen LogP contribution in [0.5, 0.6) is 0 Å². The van der Waals surface area contributed by atoms with Gasteiger partial charge in [-0.2, -0.15) is 0 Å². The Morgan fingerprint density at radius 1 is 1.56 bits per heavy atom. The second kappa shape index (κ2) is 4.56. The molecule has 3 N–H and O–H groups in total. The van der Waals surface area contributed by atoms with Crippen LogP contribution in [0.25, 0.3) is 0 Å². The quantitative estimate of drug-likeness (QED) is 0.840. The zero-order chi connectivity index (χ0) is 13.3. The first-order chi connectivity index (χ1) is 8.45. The van der Waals surface area contributed by atoms with Gasteiger partial charge in [-0.15, -0.1) is 11.3 Å². The van der Waals surface area contributed by atoms with E-state index in [-0.39, 0.29) is 11.6 Å². The first kappa shape index (κ1) is 12.8. The zero-order valence-corrected chi connectivity index (χ0v) is 10.9. The number of carbonyl (C=O) groups is 2. The Balaban J connectivity index is 2.30. The van der Waals surface area contributed by atoms with Crippen molar-refractivity contribution >= 4 is 28.3 Å². The van der Waals surface area contributed by atoms with Gasteiger partial charge in [-0.3, -0.25) is 4.79 Å². The fourth-order valence-electron chi connectivity index (χ4n) is 2.19. The highest BCUT2D eigenvalue weighted by atomic mass is 32.1. The Hall–Kier alpha value is -1.63. The van der Waals surface area contributed by atoms with E-state index in [4.69, 9.17) is 5.73 Å². The molecule has 2 heterocycles. The molecule has 0 bridgehead atoms. The zero-order valence-electron chi connectivity index (χ0n) is 10.0. The van der Waals surface area contributed by atoms with E-state index in [2.05, 4.69) is 4.98 Å². The molecule has 6 nitrogen and oxygen atoms in total. The molecular formula is C11H15N3O3S. The van der Waals surface area contributed by atoms with E-state index in [1.54, 1.807) is 12.3 Å². The maximum absolute atomic E-state index is 12.3. The summed E-state index contributed by atoms with van der Waals surface area (Å²) in [6, 6.07) is 0. The molecule has 7 heteroatoms. The molecule has 0 saturated carbocycles. The van der Waals surface area contributed by atoms with Gasteiger partial charge in [-0.1, -0.05) is 0 Å². The van der Waals surface area contributed by atoms with Crippen LogP contribution in [0, 0.1) is 0 Å². The summed E-state index contributed by atoms with van der Waals surface area (Å²) in [7, 11) is 0. The van der Waals surface area contributed by atoms with Crippen molar-refractivity contribution in [1.29, 1.82) is 0 Å². The second-order valence-corrected chi connectivity index (χ2v) is 5.45. The summed E-state index contributed by atoms with van der Waals surface area (Å²) in [6.45, 7) is 2.03. The Bertz CT molecular complexity index is 488. The molecule has 0 aliphatic carbocycles. The van der Waals surface area contributed by atoms with Crippen molar-refractivity contribution in [1.82, 2.24) is 9.88 Å². The number of thiazole rings is 1. The van der Waals surface area contributed by atoms with E-state index < -0.39 is 11.5 Å². The maximum Gasteiger partial charge on any atom is 0.329 e. The number of nitrogen functional groups attached to an aromatic ring is 1. The number of likely N-dealkylation sites (tertiary alicyclic amines) is 1. The smallest absolute Gasteiger partial charge is 0.329 e. The van der Waals surface area contributed by atoms with Crippen LogP contribution >= 0.6 is 11.3 Å². The van der Waals surface area contributed by atoms with Crippen LogP contribution < -0.4 is 5.73 Å². The summed E-state index contributed by atoms with van der Waals surface area (Å²) in [6.07, 6.45) is 2.09. The van der Waals surface area contributed by atoms with Gasteiger partial charge in [0.25, 0.3) is 5.91 Å². The molecular weight excluding hydrogens is 254 g/mol. The lowest BCUT2D eigenvalue weighted by Gasteiger charge is -2.41. The molecule has 1 aliphatic heterocycles. The minimum atomic E-state index is -1.15. The normalized spacial score (nSPS) is 23.9. The highest BCUT2D eigenvalue weighted by Crippen LogP contribution is 2.30. The number of carbonyl (C=O) groups excluding carboxylic acids is 1. The number of carboxylic acids is 1. The third-order valence-electron chi connectivity index (χ3n) is 3.34. The van der Waals surface area contributed by atoms with Crippen molar-refractivity contribution in [2.45, 2.75) is 31.7 Å². The first-order valence-electron chi connectivity index (χ1n) is 5.71. The van der Waals surface area contributed by atoms with Crippen molar-refractivity contribution in [3.63, 3.8) is 0 Å². The molecule has 98 valence electrons. The molecule has 1 aliphatic rings. The Labute approximate surface area is 108 Å². The molecule has 18 heavy (non-hydrogen) atoms. The summed E-state index contributed by atoms with van der Waals surface area (Å²) in [5, 5.41) is 11.2. The van der Waals surface area contributed by atoms with E-state index in [0.717, 1.165) is 12.8 Å². The average molecular weight is 269 g/mol. The summed E-state index contributed by atoms with van der Waals surface area (Å²) >= 11 is 1.18. The van der Waals surface area contributed by atoms with Gasteiger partial charge in [0, 0.05) is 11.9 Å². The number of nitrogens with two attached hydrogens (primary N) is 1. The van der Waals surface area contributed by atoms with Crippen LogP contribution in [0.2, 0.25) is 0 Å². The molecule has 2 rings (SSSR count). The lowest BCUT2D eigenvalue weighted by atomic mass is 9.88. The summed E-state index contributed by atoms with van der Waals surface area (Å²) < 4.78 is 0. The fraction of sp³-hybridized carbons (Fsp3) is 0.545. The summed E-state index contributed by atoms with van der Waals surface area (Å²) in [5.74, 6) is -1.33. The molecule has 0 aromatic carbocycles. The number of rotatable bonds is 2. The number of hydrogen-bond donors (Lipinski definition) is 2. The number of aliphatic carboxylic acids is 1. The summed E-state index contributed by atoms with van der Waals surface area (Å²) in [4.78, 5) is 29.0. The predicted molar refractivity (Wildman–Crippen MR) is 67.5 cm³/mol. The van der Waals surface area contributed by atoms with Gasteiger partial charge in [0.2, 0.25) is 0 Å². The maximum atomic E-state index is 12.3. The standard InChI is InChI=1S/C11H15N3O3S/c1-11(9(16)17)4-2-3-5-14(11)8(15)7-6-18-10(12)13-7/h6H,2-5H2,1H3,(H2,12,13)(H,16,17). The molecule has 1 unspecified atom stereocenters. The largest absolute Gasteiger partial charge is 0.480 e. The highest BCUT2D eigenvalue weighted by Gasteiger charge is 2.44. The van der Waals surface area contributed by atoms with E-state index >= 15 is 0 Å². The number of nitrogens with zero attached hydrogens (tertiary/aromatic N) is 2. The van der Waals surface area contributed by atoms with Crippen molar-refractivity contribution < 1.29 is 14.7 Å². The van der Waals surface area contributed by atoms with Crippen LogP contribution in [-0.4, -0.2) is 39.0 Å². The van der Waals surface area contributed by atoms with Gasteiger partial charge in [0.15, 0.2) is 5.13 Å². The lowest BCUT2D eigenvalue weighted by molar-refractivity contribution is -0.150. The predicted octanol–water partition coefficient (Wildman–Crippen LogP) is 1.19. The molecule has 1 aromatic heterocycles. The monoisotopic (exact) mass is 269 g/mol. The van der Waals surface area contributed by atoms with Crippen LogP contribution in [0.3, 0.4) is 0 Å². The third-order valence-corrected chi connectivity index (χ3v) is 4.01. The third kappa shape index (κ3) is 2.05. The van der Waals surface area contributed by atoms with Gasteiger partial charge in [-0.25, -0.2) is 9.78 Å². The fourth-order valence-corrected chi connectivity index (χ4v) is 2.73. The van der Waals surface area contributed by atoms with E-state index in [1.807, 2.05) is 0 Å². The molecule has 0 spiro atoms. The Morgan fingerprint density at radius 3 is 2.83 bits per heavy atom. The van der Waals surface area contributed by atoms with Crippen LogP contribution in [0.4, 0.5) is 5.13 Å². The number of aromatic nitrogens is 1. The van der Waals surface area contributed by atoms with Gasteiger partial charge in [0.05, 0.1) is 0 Å². The van der Waals surface area contributed by atoms with Gasteiger partial charge in [-0.05, 0) is 26.2 Å². The van der Waals surface area contributed by atoms with Crippen LogP contribution in [0.15, 0.2) is 5.38 Å². The number of anilines is 1. The number of carboxylic acid groups (broad SMARTS) is 1. The molecule has 1 amide bonds. The molecule has 1 atom stereocenters. The number of amides is 1. The van der Waals surface area contributed by atoms with Gasteiger partial charge < -0.3 is 15.7 Å².